The summed E-state index contributed by atoms with van der Waals surface area (Å²) in [5.74, 6) is 0. The van der Waals surface area contributed by atoms with Gasteiger partial charge in [0.05, 0.1) is 12.5 Å². The van der Waals surface area contributed by atoms with Gasteiger partial charge in [-0.3, -0.25) is 0 Å². The highest BCUT2D eigenvalue weighted by atomic mass is 16.3. The molecule has 1 fully saturated rings. The molecule has 108 valence electrons. The summed E-state index contributed by atoms with van der Waals surface area (Å²) in [5.41, 5.74) is 1.74. The lowest BCUT2D eigenvalue weighted by molar-refractivity contribution is 0.144. The van der Waals surface area contributed by atoms with E-state index in [4.69, 9.17) is 4.42 Å². The van der Waals surface area contributed by atoms with Crippen LogP contribution < -0.4 is 5.32 Å². The molecule has 1 aliphatic rings. The van der Waals surface area contributed by atoms with Crippen molar-refractivity contribution in [3.63, 3.8) is 0 Å². The zero-order chi connectivity index (χ0) is 13.6. The molecule has 0 atom stereocenters. The summed E-state index contributed by atoms with van der Waals surface area (Å²) < 4.78 is 5.16. The summed E-state index contributed by atoms with van der Waals surface area (Å²) in [4.78, 5) is 2.45. The molecule has 2 rings (SSSR count). The molecule has 0 bridgehead atoms. The van der Waals surface area contributed by atoms with Crippen LogP contribution in [0.5, 0.6) is 0 Å². The quantitative estimate of drug-likeness (QED) is 0.799. The summed E-state index contributed by atoms with van der Waals surface area (Å²) in [6.45, 7) is 3.31. The first-order chi connectivity index (χ1) is 9.24. The lowest BCUT2D eigenvalue weighted by atomic mass is 9.79. The molecule has 0 spiro atoms. The van der Waals surface area contributed by atoms with Crippen molar-refractivity contribution in [1.29, 1.82) is 0 Å². The second-order valence-electron chi connectivity index (χ2n) is 6.25. The van der Waals surface area contributed by atoms with E-state index in [-0.39, 0.29) is 0 Å². The minimum Gasteiger partial charge on any atom is -0.472 e. The molecule has 3 nitrogen and oxygen atoms in total. The predicted octanol–water partition coefficient (Wildman–Crippen LogP) is 3.27. The first-order valence-corrected chi connectivity index (χ1v) is 7.58. The third kappa shape index (κ3) is 4.36. The second kappa shape index (κ2) is 7.11. The third-order valence-electron chi connectivity index (χ3n) is 4.35. The van der Waals surface area contributed by atoms with Crippen LogP contribution in [0.4, 0.5) is 0 Å². The van der Waals surface area contributed by atoms with Crippen molar-refractivity contribution in [2.75, 3.05) is 27.2 Å². The topological polar surface area (TPSA) is 28.4 Å². The Morgan fingerprint density at radius 3 is 2.58 bits per heavy atom. The molecule has 1 heterocycles. The fourth-order valence-electron chi connectivity index (χ4n) is 3.57. The second-order valence-corrected chi connectivity index (χ2v) is 6.25. The standard InChI is InChI=1S/C16H28N2O/c1-17-13-16(8-5-3-4-6-9-16)14-18(2)11-15-7-10-19-12-15/h7,10,12,17H,3-6,8-9,11,13-14H2,1-2H3. The van der Waals surface area contributed by atoms with Crippen molar-refractivity contribution in [1.82, 2.24) is 10.2 Å². The van der Waals surface area contributed by atoms with Crippen LogP contribution in [0, 0.1) is 5.41 Å². The van der Waals surface area contributed by atoms with Crippen molar-refractivity contribution in [2.24, 2.45) is 5.41 Å². The van der Waals surface area contributed by atoms with Crippen molar-refractivity contribution in [3.8, 4) is 0 Å². The van der Waals surface area contributed by atoms with E-state index in [9.17, 15) is 0 Å². The normalized spacial score (nSPS) is 19.5. The monoisotopic (exact) mass is 264 g/mol. The van der Waals surface area contributed by atoms with Crippen LogP contribution in [0.2, 0.25) is 0 Å². The lowest BCUT2D eigenvalue weighted by Crippen LogP contribution is -2.41. The highest BCUT2D eigenvalue weighted by molar-refractivity contribution is 5.05. The van der Waals surface area contributed by atoms with Gasteiger partial charge in [-0.2, -0.15) is 0 Å². The summed E-state index contributed by atoms with van der Waals surface area (Å²) >= 11 is 0. The van der Waals surface area contributed by atoms with Gasteiger partial charge in [0.25, 0.3) is 0 Å². The maximum Gasteiger partial charge on any atom is 0.0947 e. The predicted molar refractivity (Wildman–Crippen MR) is 79.1 cm³/mol. The van der Waals surface area contributed by atoms with E-state index in [0.717, 1.165) is 13.1 Å². The molecule has 1 saturated carbocycles. The molecular weight excluding hydrogens is 236 g/mol. The van der Waals surface area contributed by atoms with Crippen molar-refractivity contribution in [2.45, 2.75) is 45.1 Å². The first kappa shape index (κ1) is 14.6. The molecule has 0 radical (unpaired) electrons. The Bertz CT molecular complexity index is 340. The molecular formula is C16H28N2O. The third-order valence-corrected chi connectivity index (χ3v) is 4.35. The van der Waals surface area contributed by atoms with Crippen LogP contribution in [0.25, 0.3) is 0 Å². The van der Waals surface area contributed by atoms with Gasteiger partial charge >= 0.3 is 0 Å². The SMILES string of the molecule is CNCC1(CN(C)Cc2ccoc2)CCCCCC1. The summed E-state index contributed by atoms with van der Waals surface area (Å²) in [7, 11) is 4.32. The Hall–Kier alpha value is -0.800. The zero-order valence-corrected chi connectivity index (χ0v) is 12.5. The Morgan fingerprint density at radius 1 is 1.26 bits per heavy atom. The lowest BCUT2D eigenvalue weighted by Gasteiger charge is -2.36. The van der Waals surface area contributed by atoms with Crippen LogP contribution in [-0.2, 0) is 6.54 Å². The Morgan fingerprint density at radius 2 is 2.00 bits per heavy atom. The van der Waals surface area contributed by atoms with Gasteiger partial charge in [0, 0.05) is 25.2 Å². The molecule has 0 amide bonds. The molecule has 0 aromatic carbocycles. The highest BCUT2D eigenvalue weighted by Gasteiger charge is 2.31. The van der Waals surface area contributed by atoms with E-state index in [1.54, 1.807) is 6.26 Å². The van der Waals surface area contributed by atoms with Gasteiger partial charge in [-0.15, -0.1) is 0 Å². The molecule has 1 aliphatic carbocycles. The summed E-state index contributed by atoms with van der Waals surface area (Å²) in [6.07, 6.45) is 12.0. The van der Waals surface area contributed by atoms with Crippen LogP contribution >= 0.6 is 0 Å². The highest BCUT2D eigenvalue weighted by Crippen LogP contribution is 2.35. The van der Waals surface area contributed by atoms with E-state index in [2.05, 4.69) is 30.4 Å². The maximum absolute atomic E-state index is 5.16. The molecule has 3 heteroatoms. The number of hydrogen-bond acceptors (Lipinski definition) is 3. The number of furan rings is 1. The fourth-order valence-corrected chi connectivity index (χ4v) is 3.57. The minimum absolute atomic E-state index is 0.462. The van der Waals surface area contributed by atoms with E-state index < -0.39 is 0 Å². The van der Waals surface area contributed by atoms with Gasteiger partial charge in [-0.1, -0.05) is 25.7 Å². The van der Waals surface area contributed by atoms with E-state index in [1.807, 2.05) is 6.26 Å². The Balaban J connectivity index is 1.94. The van der Waals surface area contributed by atoms with Crippen LogP contribution in [0.3, 0.4) is 0 Å². The molecule has 19 heavy (non-hydrogen) atoms. The van der Waals surface area contributed by atoms with E-state index in [1.165, 1.54) is 50.6 Å². The van der Waals surface area contributed by atoms with Crippen molar-refractivity contribution >= 4 is 0 Å². The molecule has 0 aliphatic heterocycles. The van der Waals surface area contributed by atoms with Crippen LogP contribution in [0.15, 0.2) is 23.0 Å². The van der Waals surface area contributed by atoms with Gasteiger partial charge in [0.1, 0.15) is 0 Å². The average Bonchev–Trinajstić information content (AvgIpc) is 2.76. The maximum atomic E-state index is 5.16. The van der Waals surface area contributed by atoms with Gasteiger partial charge in [-0.05, 0) is 38.4 Å². The van der Waals surface area contributed by atoms with Gasteiger partial charge in [-0.25, -0.2) is 0 Å². The Labute approximate surface area is 117 Å². The Kier molecular flexibility index (Phi) is 5.46. The number of nitrogens with zero attached hydrogens (tertiary/aromatic N) is 1. The number of rotatable bonds is 6. The van der Waals surface area contributed by atoms with Crippen LogP contribution in [0.1, 0.15) is 44.1 Å². The number of hydrogen-bond donors (Lipinski definition) is 1. The molecule has 1 aromatic rings. The number of nitrogens with one attached hydrogen (secondary N) is 1. The molecule has 1 N–H and O–H groups in total. The molecule has 1 aromatic heterocycles. The zero-order valence-electron chi connectivity index (χ0n) is 12.5. The van der Waals surface area contributed by atoms with Crippen molar-refractivity contribution in [3.05, 3.63) is 24.2 Å². The smallest absolute Gasteiger partial charge is 0.0947 e. The van der Waals surface area contributed by atoms with E-state index in [0.29, 0.717) is 5.41 Å². The first-order valence-electron chi connectivity index (χ1n) is 7.58. The fraction of sp³-hybridized carbons (Fsp3) is 0.750. The van der Waals surface area contributed by atoms with Gasteiger partial charge < -0.3 is 14.6 Å². The van der Waals surface area contributed by atoms with E-state index >= 15 is 0 Å². The molecule has 0 saturated heterocycles. The van der Waals surface area contributed by atoms with Gasteiger partial charge in [0.15, 0.2) is 0 Å². The minimum atomic E-state index is 0.462. The van der Waals surface area contributed by atoms with Crippen LogP contribution in [-0.4, -0.2) is 32.1 Å². The largest absolute Gasteiger partial charge is 0.472 e. The van der Waals surface area contributed by atoms with Gasteiger partial charge in [0.2, 0.25) is 0 Å². The van der Waals surface area contributed by atoms with Crippen molar-refractivity contribution < 1.29 is 4.42 Å². The molecule has 0 unspecified atom stereocenters. The summed E-state index contributed by atoms with van der Waals surface area (Å²) in [6, 6.07) is 2.06. The summed E-state index contributed by atoms with van der Waals surface area (Å²) in [5, 5.41) is 3.43. The average molecular weight is 264 g/mol.